The number of ether oxygens (including phenoxy) is 1. The third-order valence-corrected chi connectivity index (χ3v) is 8.16. The minimum absolute atomic E-state index is 0.0498. The number of carbonyl (C=O) groups excluding carboxylic acids is 2. The number of fused-ring (bicyclic) bond motifs is 1. The van der Waals surface area contributed by atoms with Gasteiger partial charge in [0, 0.05) is 5.56 Å². The maximum absolute atomic E-state index is 13.5. The van der Waals surface area contributed by atoms with Crippen LogP contribution in [-0.4, -0.2) is 28.4 Å². The van der Waals surface area contributed by atoms with Crippen LogP contribution in [0.1, 0.15) is 60.0 Å². The number of unbranched alkanes of at least 4 members (excludes halogenated alkanes) is 2. The summed E-state index contributed by atoms with van der Waals surface area (Å²) in [6, 6.07) is 17.9. The van der Waals surface area contributed by atoms with Crippen LogP contribution in [0.2, 0.25) is 0 Å². The minimum Gasteiger partial charge on any atom is -0.507 e. The lowest BCUT2D eigenvalue weighted by Gasteiger charge is -2.23. The Balaban J connectivity index is 1.59. The molecule has 2 heterocycles. The zero-order valence-electron chi connectivity index (χ0n) is 22.7. The van der Waals surface area contributed by atoms with Gasteiger partial charge in [0.15, 0.2) is 5.13 Å². The Morgan fingerprint density at radius 3 is 2.46 bits per heavy atom. The van der Waals surface area contributed by atoms with Gasteiger partial charge in [-0.3, -0.25) is 14.5 Å². The van der Waals surface area contributed by atoms with Crippen molar-refractivity contribution in [2.75, 3.05) is 11.5 Å². The highest BCUT2D eigenvalue weighted by Gasteiger charge is 2.48. The number of aliphatic hydroxyl groups excluding tert-OH is 1. The number of thiazole rings is 1. The average Bonchev–Trinajstić information content (AvgIpc) is 3.44. The third kappa shape index (κ3) is 5.19. The van der Waals surface area contributed by atoms with Crippen molar-refractivity contribution in [3.63, 3.8) is 0 Å². The molecule has 1 fully saturated rings. The SMILES string of the molecule is CCCCCOc1ccc(/C(O)=C2\C(=O)C(=O)N(c3nc4cc(C)c(C)cc4s3)C2c2cccc(C)c2)cc1. The molecule has 7 heteroatoms. The molecule has 1 aliphatic rings. The highest BCUT2D eigenvalue weighted by Crippen LogP contribution is 2.44. The third-order valence-electron chi connectivity index (χ3n) is 7.15. The number of benzene rings is 3. The summed E-state index contributed by atoms with van der Waals surface area (Å²) in [5.41, 5.74) is 5.23. The van der Waals surface area contributed by atoms with Gasteiger partial charge in [-0.2, -0.15) is 0 Å². The van der Waals surface area contributed by atoms with E-state index in [0.717, 1.165) is 51.7 Å². The van der Waals surface area contributed by atoms with Gasteiger partial charge in [0.1, 0.15) is 11.5 Å². The molecule has 4 aromatic rings. The van der Waals surface area contributed by atoms with Crippen molar-refractivity contribution in [1.82, 2.24) is 4.98 Å². The maximum atomic E-state index is 13.5. The molecule has 1 N–H and O–H groups in total. The van der Waals surface area contributed by atoms with Crippen molar-refractivity contribution in [3.8, 4) is 5.75 Å². The van der Waals surface area contributed by atoms with Crippen molar-refractivity contribution in [2.24, 2.45) is 0 Å². The molecule has 0 radical (unpaired) electrons. The molecule has 1 unspecified atom stereocenters. The number of rotatable bonds is 8. The number of hydrogen-bond donors (Lipinski definition) is 1. The number of aromatic nitrogens is 1. The van der Waals surface area contributed by atoms with E-state index in [2.05, 4.69) is 13.0 Å². The van der Waals surface area contributed by atoms with Gasteiger partial charge in [-0.25, -0.2) is 4.98 Å². The highest BCUT2D eigenvalue weighted by molar-refractivity contribution is 7.22. The number of nitrogens with zero attached hydrogens (tertiary/aromatic N) is 2. The molecule has 39 heavy (non-hydrogen) atoms. The Hall–Kier alpha value is -3.97. The first-order valence-electron chi connectivity index (χ1n) is 13.3. The lowest BCUT2D eigenvalue weighted by Crippen LogP contribution is -2.29. The van der Waals surface area contributed by atoms with Crippen LogP contribution in [0.3, 0.4) is 0 Å². The van der Waals surface area contributed by atoms with Crippen LogP contribution in [0.5, 0.6) is 5.75 Å². The van der Waals surface area contributed by atoms with E-state index in [9.17, 15) is 14.7 Å². The fourth-order valence-corrected chi connectivity index (χ4v) is 5.94. The summed E-state index contributed by atoms with van der Waals surface area (Å²) in [5, 5.41) is 11.9. The van der Waals surface area contributed by atoms with Crippen LogP contribution in [0.15, 0.2) is 66.2 Å². The van der Waals surface area contributed by atoms with Gasteiger partial charge in [0.2, 0.25) is 0 Å². The van der Waals surface area contributed by atoms with Crippen LogP contribution >= 0.6 is 11.3 Å². The first-order valence-corrected chi connectivity index (χ1v) is 14.1. The fraction of sp³-hybridized carbons (Fsp3) is 0.281. The van der Waals surface area contributed by atoms with E-state index in [1.165, 1.54) is 16.2 Å². The topological polar surface area (TPSA) is 79.7 Å². The second-order valence-corrected chi connectivity index (χ2v) is 11.1. The largest absolute Gasteiger partial charge is 0.507 e. The minimum atomic E-state index is -0.808. The van der Waals surface area contributed by atoms with E-state index < -0.39 is 17.7 Å². The van der Waals surface area contributed by atoms with E-state index in [1.807, 2.05) is 51.1 Å². The quantitative estimate of drug-likeness (QED) is 0.109. The lowest BCUT2D eigenvalue weighted by molar-refractivity contribution is -0.132. The summed E-state index contributed by atoms with van der Waals surface area (Å²) in [4.78, 5) is 33.2. The molecule has 1 aromatic heterocycles. The molecule has 1 amide bonds. The van der Waals surface area contributed by atoms with Crippen molar-refractivity contribution in [2.45, 2.75) is 53.0 Å². The molecule has 1 atom stereocenters. The van der Waals surface area contributed by atoms with Crippen LogP contribution in [0.4, 0.5) is 5.13 Å². The number of aryl methyl sites for hydroxylation is 3. The first kappa shape index (κ1) is 26.6. The van der Waals surface area contributed by atoms with E-state index >= 15 is 0 Å². The average molecular weight is 541 g/mol. The highest BCUT2D eigenvalue weighted by atomic mass is 32.1. The Bertz CT molecular complexity index is 1550. The molecule has 0 aliphatic carbocycles. The van der Waals surface area contributed by atoms with Gasteiger partial charge in [-0.15, -0.1) is 0 Å². The van der Waals surface area contributed by atoms with E-state index in [0.29, 0.717) is 23.1 Å². The maximum Gasteiger partial charge on any atom is 0.301 e. The molecule has 1 aliphatic heterocycles. The number of ketones is 1. The number of hydrogen-bond acceptors (Lipinski definition) is 6. The van der Waals surface area contributed by atoms with Gasteiger partial charge < -0.3 is 9.84 Å². The summed E-state index contributed by atoms with van der Waals surface area (Å²) in [6.07, 6.45) is 3.20. The van der Waals surface area contributed by atoms with Gasteiger partial charge in [-0.05, 0) is 80.3 Å². The fourth-order valence-electron chi connectivity index (χ4n) is 4.86. The predicted molar refractivity (Wildman–Crippen MR) is 157 cm³/mol. The summed E-state index contributed by atoms with van der Waals surface area (Å²) in [6.45, 7) is 8.78. The molecule has 0 spiro atoms. The van der Waals surface area contributed by atoms with Crippen LogP contribution < -0.4 is 9.64 Å². The van der Waals surface area contributed by atoms with Gasteiger partial charge >= 0.3 is 5.91 Å². The Morgan fingerprint density at radius 2 is 1.74 bits per heavy atom. The van der Waals surface area contributed by atoms with Crippen molar-refractivity contribution >= 4 is 44.1 Å². The molecule has 1 saturated heterocycles. The Labute approximate surface area is 232 Å². The smallest absolute Gasteiger partial charge is 0.301 e. The molecule has 3 aromatic carbocycles. The zero-order chi connectivity index (χ0) is 27.7. The predicted octanol–water partition coefficient (Wildman–Crippen LogP) is 7.42. The van der Waals surface area contributed by atoms with Gasteiger partial charge in [0.05, 0.1) is 28.4 Å². The molecular formula is C32H32N2O4S. The molecule has 200 valence electrons. The van der Waals surface area contributed by atoms with E-state index in [4.69, 9.17) is 9.72 Å². The summed E-state index contributed by atoms with van der Waals surface area (Å²) < 4.78 is 6.73. The monoisotopic (exact) mass is 540 g/mol. The first-order chi connectivity index (χ1) is 18.8. The van der Waals surface area contributed by atoms with Gasteiger partial charge in [-0.1, -0.05) is 60.9 Å². The standard InChI is InChI=1S/C32H32N2O4S/c1-5-6-7-15-38-24-13-11-22(12-14-24)29(35)27-28(23-10-8-9-19(2)16-23)34(31(37)30(27)36)32-33-25-17-20(3)21(4)18-26(25)39-32/h8-14,16-18,28,35H,5-7,15H2,1-4H3/b29-27+. The van der Waals surface area contributed by atoms with Crippen LogP contribution in [-0.2, 0) is 9.59 Å². The van der Waals surface area contributed by atoms with Gasteiger partial charge in [0.25, 0.3) is 5.78 Å². The van der Waals surface area contributed by atoms with Crippen molar-refractivity contribution < 1.29 is 19.4 Å². The normalized spacial score (nSPS) is 16.8. The summed E-state index contributed by atoms with van der Waals surface area (Å²) in [7, 11) is 0. The molecular weight excluding hydrogens is 508 g/mol. The number of aliphatic hydroxyl groups is 1. The Kier molecular flexibility index (Phi) is 7.53. The van der Waals surface area contributed by atoms with Crippen LogP contribution in [0.25, 0.3) is 16.0 Å². The molecule has 6 nitrogen and oxygen atoms in total. The number of carbonyl (C=O) groups is 2. The van der Waals surface area contributed by atoms with Crippen molar-refractivity contribution in [1.29, 1.82) is 0 Å². The van der Waals surface area contributed by atoms with Crippen LogP contribution in [0, 0.1) is 20.8 Å². The lowest BCUT2D eigenvalue weighted by atomic mass is 9.94. The summed E-state index contributed by atoms with van der Waals surface area (Å²) >= 11 is 1.37. The second-order valence-electron chi connectivity index (χ2n) is 10.1. The molecule has 5 rings (SSSR count). The zero-order valence-corrected chi connectivity index (χ0v) is 23.5. The van der Waals surface area contributed by atoms with E-state index in [-0.39, 0.29) is 11.3 Å². The second kappa shape index (κ2) is 11.0. The summed E-state index contributed by atoms with van der Waals surface area (Å²) in [5.74, 6) is -0.956. The molecule has 0 bridgehead atoms. The number of amides is 1. The number of Topliss-reactive ketones (excluding diaryl/α,β-unsaturated/α-hetero) is 1. The molecule has 0 saturated carbocycles. The van der Waals surface area contributed by atoms with E-state index in [1.54, 1.807) is 24.3 Å². The number of anilines is 1. The van der Waals surface area contributed by atoms with Crippen molar-refractivity contribution in [3.05, 3.63) is 94.1 Å². The Morgan fingerprint density at radius 1 is 1.00 bits per heavy atom.